The molecule has 0 saturated carbocycles. The van der Waals surface area contributed by atoms with Gasteiger partial charge in [-0.25, -0.2) is 13.2 Å². The van der Waals surface area contributed by atoms with E-state index in [1.165, 1.54) is 4.31 Å². The molecule has 1 amide bonds. The van der Waals surface area contributed by atoms with Crippen molar-refractivity contribution in [1.29, 1.82) is 0 Å². The van der Waals surface area contributed by atoms with Crippen LogP contribution in [0.15, 0.2) is 39.7 Å². The molecule has 0 unspecified atom stereocenters. The average Bonchev–Trinajstić information content (AvgIpc) is 2.72. The largest absolute Gasteiger partial charge is 0.308 e. The van der Waals surface area contributed by atoms with Gasteiger partial charge in [0.25, 0.3) is 10.0 Å². The van der Waals surface area contributed by atoms with Crippen molar-refractivity contribution in [3.05, 3.63) is 34.8 Å². The minimum absolute atomic E-state index is 0.0687. The number of carbonyl (C=O) groups excluding carboxylic acids is 1. The Labute approximate surface area is 143 Å². The van der Waals surface area contributed by atoms with Crippen LogP contribution in [0.25, 0.3) is 10.8 Å². The fourth-order valence-corrected chi connectivity index (χ4v) is 5.19. The van der Waals surface area contributed by atoms with Gasteiger partial charge in [0.05, 0.1) is 17.0 Å². The van der Waals surface area contributed by atoms with Gasteiger partial charge in [-0.2, -0.15) is 0 Å². The van der Waals surface area contributed by atoms with Crippen LogP contribution in [0.5, 0.6) is 0 Å². The molecule has 5 nitrogen and oxygen atoms in total. The molecule has 0 fully saturated rings. The molecular formula is C16H18BrN2O3S+. The van der Waals surface area contributed by atoms with E-state index in [4.69, 9.17) is 0 Å². The van der Waals surface area contributed by atoms with Gasteiger partial charge < -0.3 is 0 Å². The van der Waals surface area contributed by atoms with E-state index >= 15 is 0 Å². The molecule has 0 spiro atoms. The van der Waals surface area contributed by atoms with Crippen molar-refractivity contribution < 1.29 is 18.9 Å². The average molecular weight is 398 g/mol. The molecule has 1 heterocycles. The zero-order valence-electron chi connectivity index (χ0n) is 12.6. The molecule has 23 heavy (non-hydrogen) atoms. The molecule has 7 heteroatoms. The number of carbonyl (C=O) groups is 1. The Kier molecular flexibility index (Phi) is 4.44. The molecule has 0 saturated heterocycles. The monoisotopic (exact) mass is 397 g/mol. The highest BCUT2D eigenvalue weighted by Gasteiger charge is 2.35. The van der Waals surface area contributed by atoms with E-state index in [2.05, 4.69) is 21.7 Å². The lowest BCUT2D eigenvalue weighted by atomic mass is 10.1. The Balaban J connectivity index is 1.87. The Morgan fingerprint density at radius 3 is 2.65 bits per heavy atom. The van der Waals surface area contributed by atoms with Crippen LogP contribution in [-0.4, -0.2) is 20.9 Å². The van der Waals surface area contributed by atoms with E-state index in [9.17, 15) is 13.2 Å². The fourth-order valence-electron chi connectivity index (χ4n) is 2.99. The Morgan fingerprint density at radius 1 is 1.13 bits per heavy atom. The van der Waals surface area contributed by atoms with E-state index in [-0.39, 0.29) is 5.91 Å². The minimum atomic E-state index is -3.49. The van der Waals surface area contributed by atoms with Gasteiger partial charge in [-0.15, -0.1) is 0 Å². The van der Waals surface area contributed by atoms with Crippen molar-refractivity contribution in [1.82, 2.24) is 0 Å². The molecule has 2 aromatic carbocycles. The van der Waals surface area contributed by atoms with Crippen LogP contribution < -0.4 is 10.0 Å². The van der Waals surface area contributed by atoms with Crippen LogP contribution in [-0.2, 0) is 14.8 Å². The predicted molar refractivity (Wildman–Crippen MR) is 92.5 cm³/mol. The molecular weight excluding hydrogens is 380 g/mol. The summed E-state index contributed by atoms with van der Waals surface area (Å²) < 4.78 is 28.0. The zero-order valence-corrected chi connectivity index (χ0v) is 15.0. The molecule has 3 N–H and O–H groups in total. The Bertz CT molecular complexity index is 880. The number of unbranched alkanes of at least 4 members (excludes halogenated alkanes) is 2. The van der Waals surface area contributed by atoms with Crippen LogP contribution in [0.4, 0.5) is 5.69 Å². The van der Waals surface area contributed by atoms with Crippen LogP contribution in [0.2, 0.25) is 0 Å². The number of amides is 1. The number of hydrogen-bond acceptors (Lipinski definition) is 3. The summed E-state index contributed by atoms with van der Waals surface area (Å²) in [5.41, 5.74) is 4.09. The smallest absolute Gasteiger partial charge is 0.295 e. The zero-order chi connectivity index (χ0) is 16.6. The van der Waals surface area contributed by atoms with E-state index in [0.29, 0.717) is 17.9 Å². The number of hydrogen-bond donors (Lipinski definition) is 1. The highest BCUT2D eigenvalue weighted by Crippen LogP contribution is 2.44. The van der Waals surface area contributed by atoms with Gasteiger partial charge in [-0.05, 0) is 36.4 Å². The summed E-state index contributed by atoms with van der Waals surface area (Å²) >= 11 is 3.49. The normalized spacial score (nSPS) is 15.3. The molecule has 0 atom stereocenters. The summed E-state index contributed by atoms with van der Waals surface area (Å²) in [7, 11) is -3.49. The molecule has 3 rings (SSSR count). The van der Waals surface area contributed by atoms with Gasteiger partial charge in [0, 0.05) is 16.4 Å². The molecule has 1 aliphatic rings. The van der Waals surface area contributed by atoms with E-state index in [1.807, 2.05) is 18.2 Å². The molecule has 0 aromatic heterocycles. The highest BCUT2D eigenvalue weighted by molar-refractivity contribution is 9.10. The molecule has 122 valence electrons. The first-order valence-electron chi connectivity index (χ1n) is 7.51. The standard InChI is InChI=1S/C16H17BrN2O3S/c17-12-8-9-13-16-11(12)5-4-6-14(16)23(21,22)19(13)10-3-1-2-7-15(18)20/h4-6,8-9H,1-3,7,10H2,(H2,18,20)/p+1. The molecule has 0 bridgehead atoms. The number of quaternary nitrogens is 1. The number of halogens is 1. The second kappa shape index (κ2) is 6.22. The summed E-state index contributed by atoms with van der Waals surface area (Å²) in [4.78, 5) is 11.2. The number of sulfonamides is 1. The van der Waals surface area contributed by atoms with Gasteiger partial charge in [0.1, 0.15) is 0 Å². The predicted octanol–water partition coefficient (Wildman–Crippen LogP) is 2.44. The summed E-state index contributed by atoms with van der Waals surface area (Å²) in [5, 5.41) is 1.70. The van der Waals surface area contributed by atoms with Crippen molar-refractivity contribution >= 4 is 48.3 Å². The fraction of sp³-hybridized carbons (Fsp3) is 0.312. The minimum Gasteiger partial charge on any atom is -0.295 e. The molecule has 1 aliphatic heterocycles. The van der Waals surface area contributed by atoms with Crippen molar-refractivity contribution in [3.8, 4) is 0 Å². The number of benzene rings is 2. The van der Waals surface area contributed by atoms with Gasteiger partial charge in [0.2, 0.25) is 0 Å². The van der Waals surface area contributed by atoms with E-state index in [0.717, 1.165) is 40.2 Å². The summed E-state index contributed by atoms with van der Waals surface area (Å²) in [6.07, 6.45) is 2.73. The first-order chi connectivity index (χ1) is 10.9. The lowest BCUT2D eigenvalue weighted by Crippen LogP contribution is -2.56. The maximum absolute atomic E-state index is 12.8. The summed E-state index contributed by atoms with van der Waals surface area (Å²) in [6.45, 7) is 0.430. The van der Waals surface area contributed by atoms with Gasteiger partial charge >= 0.3 is 5.91 Å². The van der Waals surface area contributed by atoms with E-state index in [1.54, 1.807) is 12.1 Å². The first kappa shape index (κ1) is 16.4. The first-order valence-corrected chi connectivity index (χ1v) is 9.75. The Morgan fingerprint density at radius 2 is 1.91 bits per heavy atom. The van der Waals surface area contributed by atoms with Gasteiger partial charge in [0.15, 0.2) is 0 Å². The van der Waals surface area contributed by atoms with Crippen molar-refractivity contribution in [2.75, 3.05) is 10.8 Å². The van der Waals surface area contributed by atoms with E-state index < -0.39 is 10.0 Å². The molecule has 0 radical (unpaired) electrons. The number of rotatable bonds is 6. The van der Waals surface area contributed by atoms with Crippen molar-refractivity contribution in [2.24, 2.45) is 0 Å². The second-order valence-corrected chi connectivity index (χ2v) is 8.36. The number of nitrogens with zero attached hydrogens (tertiary/aromatic N) is 1. The van der Waals surface area contributed by atoms with Gasteiger partial charge in [-0.1, -0.05) is 34.5 Å². The second-order valence-electron chi connectivity index (χ2n) is 5.67. The van der Waals surface area contributed by atoms with Crippen LogP contribution >= 0.6 is 15.9 Å². The molecule has 2 aromatic rings. The lowest BCUT2D eigenvalue weighted by Gasteiger charge is -2.18. The Hall–Kier alpha value is -1.44. The highest BCUT2D eigenvalue weighted by atomic mass is 79.9. The van der Waals surface area contributed by atoms with Crippen molar-refractivity contribution in [2.45, 2.75) is 30.6 Å². The maximum atomic E-state index is 12.8. The van der Waals surface area contributed by atoms with Crippen LogP contribution in [0.3, 0.4) is 0 Å². The quantitative estimate of drug-likeness (QED) is 0.759. The van der Waals surface area contributed by atoms with Crippen LogP contribution in [0.1, 0.15) is 25.7 Å². The summed E-state index contributed by atoms with van der Waals surface area (Å²) in [5.74, 6) is -0.0687. The third-order valence-corrected chi connectivity index (χ3v) is 6.63. The van der Waals surface area contributed by atoms with Gasteiger partial charge in [-0.3, -0.25) is 10.0 Å². The SMILES string of the molecule is [NH3+]C(=O)CCCCCN1c2ccc(Br)c3cccc(c23)S1(=O)=O. The topological polar surface area (TPSA) is 82.1 Å². The summed E-state index contributed by atoms with van der Waals surface area (Å²) in [6, 6.07) is 9.09. The number of anilines is 1. The third-order valence-electron chi connectivity index (χ3n) is 4.08. The van der Waals surface area contributed by atoms with Crippen LogP contribution in [0, 0.1) is 0 Å². The third kappa shape index (κ3) is 2.88. The molecule has 0 aliphatic carbocycles. The van der Waals surface area contributed by atoms with Crippen molar-refractivity contribution in [3.63, 3.8) is 0 Å². The maximum Gasteiger partial charge on any atom is 0.308 e. The lowest BCUT2D eigenvalue weighted by molar-refractivity contribution is -0.305.